The minimum absolute atomic E-state index is 0. The topological polar surface area (TPSA) is 106 Å². The number of hydrogen-bond donors (Lipinski definition) is 0. The van der Waals surface area contributed by atoms with E-state index in [1.807, 2.05) is 0 Å². The Kier molecular flexibility index (Phi) is 6.50. The minimum atomic E-state index is 0. The average Bonchev–Trinajstić information content (AvgIpc) is 2.67. The third-order valence-corrected chi connectivity index (χ3v) is 0.493. The maximum atomic E-state index is 3.25. The summed E-state index contributed by atoms with van der Waals surface area (Å²) in [5.41, 5.74) is 0. The molecule has 2 aromatic rings. The van der Waals surface area contributed by atoms with Crippen molar-refractivity contribution in [2.75, 3.05) is 0 Å². The summed E-state index contributed by atoms with van der Waals surface area (Å²) in [7, 11) is 0. The summed E-state index contributed by atoms with van der Waals surface area (Å²) in [5.74, 6) is 0. The van der Waals surface area contributed by atoms with Gasteiger partial charge in [-0.05, 0) is 12.7 Å². The summed E-state index contributed by atoms with van der Waals surface area (Å²) in [6, 6.07) is 0. The summed E-state index contributed by atoms with van der Waals surface area (Å²) in [5, 5.41) is 25.4. The van der Waals surface area contributed by atoms with Crippen LogP contribution >= 0.6 is 0 Å². The first kappa shape index (κ1) is 10.0. The molecule has 0 spiro atoms. The molecule has 8 nitrogen and oxygen atoms in total. The second-order valence-corrected chi connectivity index (χ2v) is 1.05. The third-order valence-electron chi connectivity index (χ3n) is 0.493. The van der Waals surface area contributed by atoms with Crippen LogP contribution in [0.3, 0.4) is 0 Å². The quantitative estimate of drug-likeness (QED) is 0.494. The van der Waals surface area contributed by atoms with Gasteiger partial charge in [0.15, 0.2) is 0 Å². The van der Waals surface area contributed by atoms with E-state index in [9.17, 15) is 0 Å². The van der Waals surface area contributed by atoms with Crippen molar-refractivity contribution in [1.82, 2.24) is 41.2 Å². The Bertz CT molecular complexity index is 151. The standard InChI is InChI=1S/2CHN4.Zr/c2*1-2-4-5-3-1;/h2*1H;/q2*-1;+2. The molecule has 2 rings (SSSR count). The molecule has 0 unspecified atom stereocenters. The molecule has 0 aliphatic carbocycles. The number of hydrogen-bond acceptors (Lipinski definition) is 6. The molecule has 0 amide bonds. The van der Waals surface area contributed by atoms with E-state index in [1.165, 1.54) is 12.7 Å². The Labute approximate surface area is 80.3 Å². The molecule has 2 heterocycles. The van der Waals surface area contributed by atoms with Crippen molar-refractivity contribution < 1.29 is 26.2 Å². The second-order valence-electron chi connectivity index (χ2n) is 1.05. The predicted molar refractivity (Wildman–Crippen MR) is 26.3 cm³/mol. The molecule has 9 heteroatoms. The third kappa shape index (κ3) is 5.47. The van der Waals surface area contributed by atoms with Crippen LogP contribution in [0.5, 0.6) is 0 Å². The molecule has 11 heavy (non-hydrogen) atoms. The van der Waals surface area contributed by atoms with Crippen LogP contribution in [0.25, 0.3) is 0 Å². The summed E-state index contributed by atoms with van der Waals surface area (Å²) < 4.78 is 0. The van der Waals surface area contributed by atoms with E-state index in [-0.39, 0.29) is 26.2 Å². The van der Waals surface area contributed by atoms with Crippen LogP contribution in [-0.2, 0) is 26.2 Å². The molecule has 0 N–H and O–H groups in total. The molecular formula is C2H2N8Zr. The zero-order valence-corrected chi connectivity index (χ0v) is 7.69. The zero-order valence-electron chi connectivity index (χ0n) is 5.23. The maximum Gasteiger partial charge on any atom is 2.00 e. The van der Waals surface area contributed by atoms with Gasteiger partial charge >= 0.3 is 26.2 Å². The van der Waals surface area contributed by atoms with Gasteiger partial charge in [-0.2, -0.15) is 10.4 Å². The summed E-state index contributed by atoms with van der Waals surface area (Å²) in [6.07, 6.45) is 2.56. The van der Waals surface area contributed by atoms with Gasteiger partial charge in [0.1, 0.15) is 0 Å². The van der Waals surface area contributed by atoms with Crippen molar-refractivity contribution in [3.05, 3.63) is 12.7 Å². The Morgan fingerprint density at radius 1 is 0.818 bits per heavy atom. The van der Waals surface area contributed by atoms with Crippen molar-refractivity contribution in [2.24, 2.45) is 0 Å². The first-order valence-electron chi connectivity index (χ1n) is 2.23. The normalized spacial score (nSPS) is 7.27. The van der Waals surface area contributed by atoms with Crippen LogP contribution in [0.4, 0.5) is 0 Å². The molecule has 0 aliphatic rings. The van der Waals surface area contributed by atoms with E-state index < -0.39 is 0 Å². The van der Waals surface area contributed by atoms with Gasteiger partial charge < -0.3 is 10.2 Å². The molecule has 0 saturated heterocycles. The van der Waals surface area contributed by atoms with Crippen molar-refractivity contribution in [3.63, 3.8) is 0 Å². The fourth-order valence-electron chi connectivity index (χ4n) is 0.231. The van der Waals surface area contributed by atoms with Crippen LogP contribution in [0.2, 0.25) is 0 Å². The van der Waals surface area contributed by atoms with Crippen molar-refractivity contribution in [2.45, 2.75) is 0 Å². The van der Waals surface area contributed by atoms with E-state index >= 15 is 0 Å². The van der Waals surface area contributed by atoms with Gasteiger partial charge in [0, 0.05) is 0 Å². The number of aromatic nitrogens is 8. The Morgan fingerprint density at radius 3 is 1.36 bits per heavy atom. The van der Waals surface area contributed by atoms with Gasteiger partial charge in [0.05, 0.1) is 0 Å². The van der Waals surface area contributed by atoms with Crippen LogP contribution in [0.1, 0.15) is 0 Å². The van der Waals surface area contributed by atoms with Crippen LogP contribution < -0.4 is 10.2 Å². The van der Waals surface area contributed by atoms with Crippen LogP contribution in [-0.4, -0.2) is 31.1 Å². The molecule has 54 valence electrons. The monoisotopic (exact) mass is 228 g/mol. The van der Waals surface area contributed by atoms with E-state index in [4.69, 9.17) is 0 Å². The van der Waals surface area contributed by atoms with E-state index in [1.54, 1.807) is 0 Å². The Hall–Kier alpha value is -0.977. The van der Waals surface area contributed by atoms with Gasteiger partial charge in [0.25, 0.3) is 0 Å². The van der Waals surface area contributed by atoms with Crippen LogP contribution in [0, 0.1) is 0 Å². The van der Waals surface area contributed by atoms with E-state index in [0.717, 1.165) is 0 Å². The first-order chi connectivity index (χ1) is 5.00. The Balaban J connectivity index is 0.000000167. The summed E-state index contributed by atoms with van der Waals surface area (Å²) in [6.45, 7) is 0. The summed E-state index contributed by atoms with van der Waals surface area (Å²) >= 11 is 0. The van der Waals surface area contributed by atoms with Gasteiger partial charge in [-0.15, -0.1) is 0 Å². The molecule has 0 aliphatic heterocycles. The van der Waals surface area contributed by atoms with Crippen LogP contribution in [0.15, 0.2) is 12.7 Å². The van der Waals surface area contributed by atoms with Crippen molar-refractivity contribution >= 4 is 0 Å². The van der Waals surface area contributed by atoms with Gasteiger partial charge in [0.2, 0.25) is 0 Å². The molecule has 0 atom stereocenters. The fourth-order valence-corrected chi connectivity index (χ4v) is 0.231. The SMILES string of the molecule is [Zr+2].c1nnn[n-]1.c1nnn[n-]1. The zero-order chi connectivity index (χ0) is 7.07. The molecule has 0 radical (unpaired) electrons. The minimum Gasteiger partial charge on any atom is -0.339 e. The van der Waals surface area contributed by atoms with E-state index in [2.05, 4.69) is 41.2 Å². The van der Waals surface area contributed by atoms with E-state index in [0.29, 0.717) is 0 Å². The van der Waals surface area contributed by atoms with Gasteiger partial charge in [-0.25, -0.2) is 0 Å². The maximum absolute atomic E-state index is 3.25. The van der Waals surface area contributed by atoms with Gasteiger partial charge in [-0.3, -0.25) is 20.6 Å². The second kappa shape index (κ2) is 7.13. The smallest absolute Gasteiger partial charge is 0.339 e. The number of tetrazole rings is 2. The molecule has 2 aromatic heterocycles. The van der Waals surface area contributed by atoms with Crippen molar-refractivity contribution in [3.8, 4) is 0 Å². The molecule has 0 fully saturated rings. The Morgan fingerprint density at radius 2 is 1.27 bits per heavy atom. The average molecular weight is 229 g/mol. The largest absolute Gasteiger partial charge is 2.00 e. The van der Waals surface area contributed by atoms with Crippen molar-refractivity contribution in [1.29, 1.82) is 0 Å². The first-order valence-corrected chi connectivity index (χ1v) is 2.23. The van der Waals surface area contributed by atoms with Gasteiger partial charge in [-0.1, -0.05) is 0 Å². The molecule has 0 aromatic carbocycles. The number of nitrogens with zero attached hydrogens (tertiary/aromatic N) is 8. The number of rotatable bonds is 0. The molecule has 0 saturated carbocycles. The fraction of sp³-hybridized carbons (Fsp3) is 0. The molecular weight excluding hydrogens is 227 g/mol. The molecule has 0 bridgehead atoms. The predicted octanol–water partition coefficient (Wildman–Crippen LogP) is -2.34. The summed E-state index contributed by atoms with van der Waals surface area (Å²) in [4.78, 5) is 0.